The Kier molecular flexibility index (Phi) is 14.5. The van der Waals surface area contributed by atoms with E-state index in [0.29, 0.717) is 23.0 Å². The summed E-state index contributed by atoms with van der Waals surface area (Å²) in [4.78, 5) is 4.56. The Bertz CT molecular complexity index is 727. The summed E-state index contributed by atoms with van der Waals surface area (Å²) >= 11 is 0. The first-order chi connectivity index (χ1) is 13.3. The second-order valence-electron chi connectivity index (χ2n) is 7.36. The van der Waals surface area contributed by atoms with Crippen molar-refractivity contribution in [3.8, 4) is 0 Å². The SMILES string of the molecule is CCCCC(CCC)CNC(=NCc1cc(F)ccc1CS(C)(=O)=O)NCC.I. The molecular formula is C21H37FIN3O2S. The van der Waals surface area contributed by atoms with Gasteiger partial charge in [-0.15, -0.1) is 24.0 Å². The first-order valence-corrected chi connectivity index (χ1v) is 12.3. The van der Waals surface area contributed by atoms with Gasteiger partial charge in [-0.25, -0.2) is 17.8 Å². The molecule has 5 nitrogen and oxygen atoms in total. The normalized spacial score (nSPS) is 12.9. The highest BCUT2D eigenvalue weighted by molar-refractivity contribution is 14.0. The van der Waals surface area contributed by atoms with E-state index in [-0.39, 0.29) is 42.1 Å². The van der Waals surface area contributed by atoms with Gasteiger partial charge in [0.25, 0.3) is 0 Å². The van der Waals surface area contributed by atoms with E-state index in [4.69, 9.17) is 0 Å². The van der Waals surface area contributed by atoms with Crippen molar-refractivity contribution in [2.45, 2.75) is 65.2 Å². The van der Waals surface area contributed by atoms with E-state index >= 15 is 0 Å². The number of hydrogen-bond donors (Lipinski definition) is 2. The Morgan fingerprint density at radius 1 is 1.10 bits per heavy atom. The molecule has 0 heterocycles. The lowest BCUT2D eigenvalue weighted by Gasteiger charge is -2.19. The average Bonchev–Trinajstić information content (AvgIpc) is 2.62. The lowest BCUT2D eigenvalue weighted by molar-refractivity contribution is 0.423. The van der Waals surface area contributed by atoms with Crippen LogP contribution in [0, 0.1) is 11.7 Å². The molecule has 1 aromatic rings. The first-order valence-electron chi connectivity index (χ1n) is 10.3. The monoisotopic (exact) mass is 541 g/mol. The molecule has 0 amide bonds. The molecule has 1 unspecified atom stereocenters. The molecule has 2 N–H and O–H groups in total. The fourth-order valence-electron chi connectivity index (χ4n) is 3.16. The summed E-state index contributed by atoms with van der Waals surface area (Å²) in [6.45, 7) is 8.19. The maximum absolute atomic E-state index is 13.7. The zero-order chi connectivity index (χ0) is 21.0. The van der Waals surface area contributed by atoms with Gasteiger partial charge in [-0.3, -0.25) is 0 Å². The third-order valence-electron chi connectivity index (χ3n) is 4.56. The molecule has 0 aromatic heterocycles. The molecule has 0 aliphatic rings. The summed E-state index contributed by atoms with van der Waals surface area (Å²) in [7, 11) is -3.20. The smallest absolute Gasteiger partial charge is 0.191 e. The van der Waals surface area contributed by atoms with E-state index in [0.717, 1.165) is 19.5 Å². The molecule has 0 aliphatic carbocycles. The average molecular weight is 542 g/mol. The van der Waals surface area contributed by atoms with Crippen LogP contribution in [-0.4, -0.2) is 33.7 Å². The van der Waals surface area contributed by atoms with Crippen molar-refractivity contribution >= 4 is 39.8 Å². The Morgan fingerprint density at radius 3 is 2.41 bits per heavy atom. The van der Waals surface area contributed by atoms with Crippen LogP contribution in [-0.2, 0) is 22.1 Å². The Hall–Kier alpha value is -0.900. The van der Waals surface area contributed by atoms with Crippen molar-refractivity contribution in [2.75, 3.05) is 19.3 Å². The number of unbranched alkanes of at least 4 members (excludes halogenated alkanes) is 1. The van der Waals surface area contributed by atoms with Gasteiger partial charge >= 0.3 is 0 Å². The number of nitrogens with zero attached hydrogens (tertiary/aromatic N) is 1. The maximum Gasteiger partial charge on any atom is 0.191 e. The number of guanidine groups is 1. The van der Waals surface area contributed by atoms with E-state index in [1.807, 2.05) is 6.92 Å². The second-order valence-corrected chi connectivity index (χ2v) is 9.50. The molecule has 0 fully saturated rings. The van der Waals surface area contributed by atoms with Crippen LogP contribution in [0.2, 0.25) is 0 Å². The van der Waals surface area contributed by atoms with Gasteiger partial charge < -0.3 is 10.6 Å². The van der Waals surface area contributed by atoms with Crippen LogP contribution < -0.4 is 10.6 Å². The quantitative estimate of drug-likeness (QED) is 0.230. The zero-order valence-electron chi connectivity index (χ0n) is 18.1. The molecule has 0 bridgehead atoms. The topological polar surface area (TPSA) is 70.6 Å². The maximum atomic E-state index is 13.7. The molecule has 1 aromatic carbocycles. The molecule has 1 atom stereocenters. The predicted octanol–water partition coefficient (Wildman–Crippen LogP) is 4.65. The minimum absolute atomic E-state index is 0. The van der Waals surface area contributed by atoms with Gasteiger partial charge in [0.1, 0.15) is 5.82 Å². The number of nitrogens with one attached hydrogen (secondary N) is 2. The van der Waals surface area contributed by atoms with Gasteiger partial charge in [-0.05, 0) is 48.9 Å². The summed E-state index contributed by atoms with van der Waals surface area (Å²) in [6, 6.07) is 4.19. The van der Waals surface area contributed by atoms with Gasteiger partial charge in [0.2, 0.25) is 0 Å². The molecule has 29 heavy (non-hydrogen) atoms. The fraction of sp³-hybridized carbons (Fsp3) is 0.667. The standard InChI is InChI=1S/C21H36FN3O2S.HI/c1-5-8-10-17(9-6-2)14-24-21(23-7-3)25-15-19-13-20(22)12-11-18(19)16-28(4,26)27;/h11-13,17H,5-10,14-16H2,1-4H3,(H2,23,24,25);1H. The van der Waals surface area contributed by atoms with Gasteiger partial charge in [-0.1, -0.05) is 39.2 Å². The molecule has 0 aliphatic heterocycles. The van der Waals surface area contributed by atoms with Crippen molar-refractivity contribution in [3.63, 3.8) is 0 Å². The van der Waals surface area contributed by atoms with Crippen LogP contribution in [0.15, 0.2) is 23.2 Å². The van der Waals surface area contributed by atoms with Crippen molar-refractivity contribution in [2.24, 2.45) is 10.9 Å². The van der Waals surface area contributed by atoms with E-state index in [1.165, 1.54) is 50.1 Å². The minimum Gasteiger partial charge on any atom is -0.357 e. The summed E-state index contributed by atoms with van der Waals surface area (Å²) in [5, 5.41) is 6.61. The molecule has 0 saturated heterocycles. The molecule has 168 valence electrons. The van der Waals surface area contributed by atoms with Gasteiger partial charge in [0.05, 0.1) is 12.3 Å². The number of halogens is 2. The highest BCUT2D eigenvalue weighted by Crippen LogP contribution is 2.16. The third-order valence-corrected chi connectivity index (χ3v) is 5.39. The molecular weight excluding hydrogens is 504 g/mol. The van der Waals surface area contributed by atoms with Crippen LogP contribution in [0.5, 0.6) is 0 Å². The largest absolute Gasteiger partial charge is 0.357 e. The molecule has 0 spiro atoms. The van der Waals surface area contributed by atoms with E-state index in [9.17, 15) is 12.8 Å². The fourth-order valence-corrected chi connectivity index (χ4v) is 4.01. The number of hydrogen-bond acceptors (Lipinski definition) is 3. The number of sulfone groups is 1. The summed E-state index contributed by atoms with van der Waals surface area (Å²) in [5.74, 6) is 0.777. The van der Waals surface area contributed by atoms with Crippen molar-refractivity contribution < 1.29 is 12.8 Å². The van der Waals surface area contributed by atoms with Gasteiger partial charge in [0, 0.05) is 19.3 Å². The summed E-state index contributed by atoms with van der Waals surface area (Å²) in [5.41, 5.74) is 1.19. The van der Waals surface area contributed by atoms with Gasteiger partial charge in [0.15, 0.2) is 15.8 Å². The van der Waals surface area contributed by atoms with Crippen molar-refractivity contribution in [1.29, 1.82) is 0 Å². The number of aliphatic imine (C=N–C) groups is 1. The molecule has 1 rings (SSSR count). The lowest BCUT2D eigenvalue weighted by atomic mass is 9.97. The predicted molar refractivity (Wildman–Crippen MR) is 131 cm³/mol. The lowest BCUT2D eigenvalue weighted by Crippen LogP contribution is -2.39. The van der Waals surface area contributed by atoms with E-state index in [2.05, 4.69) is 29.5 Å². The van der Waals surface area contributed by atoms with Crippen LogP contribution in [0.3, 0.4) is 0 Å². The third kappa shape index (κ3) is 12.4. The Labute approximate surface area is 193 Å². The van der Waals surface area contributed by atoms with Crippen LogP contribution in [0.1, 0.15) is 64.0 Å². The van der Waals surface area contributed by atoms with E-state index in [1.54, 1.807) is 0 Å². The van der Waals surface area contributed by atoms with Crippen molar-refractivity contribution in [1.82, 2.24) is 10.6 Å². The molecule has 0 saturated carbocycles. The van der Waals surface area contributed by atoms with Gasteiger partial charge in [-0.2, -0.15) is 0 Å². The van der Waals surface area contributed by atoms with E-state index < -0.39 is 9.84 Å². The number of benzene rings is 1. The first kappa shape index (κ1) is 28.1. The highest BCUT2D eigenvalue weighted by Gasteiger charge is 2.12. The molecule has 8 heteroatoms. The van der Waals surface area contributed by atoms with Crippen molar-refractivity contribution in [3.05, 3.63) is 35.1 Å². The minimum atomic E-state index is -3.20. The highest BCUT2D eigenvalue weighted by atomic mass is 127. The van der Waals surface area contributed by atoms with Crippen LogP contribution in [0.25, 0.3) is 0 Å². The number of rotatable bonds is 12. The van der Waals surface area contributed by atoms with Crippen LogP contribution in [0.4, 0.5) is 4.39 Å². The molecule has 0 radical (unpaired) electrons. The second kappa shape index (κ2) is 15.0. The summed E-state index contributed by atoms with van der Waals surface area (Å²) < 4.78 is 37.0. The van der Waals surface area contributed by atoms with Crippen LogP contribution >= 0.6 is 24.0 Å². The Balaban J connectivity index is 0.00000784. The zero-order valence-corrected chi connectivity index (χ0v) is 21.3. The summed E-state index contributed by atoms with van der Waals surface area (Å²) in [6.07, 6.45) is 7.12. The Morgan fingerprint density at radius 2 is 1.83 bits per heavy atom.